The predicted octanol–water partition coefficient (Wildman–Crippen LogP) is 3.26. The minimum absolute atomic E-state index is 0.0113. The van der Waals surface area contributed by atoms with Crippen LogP contribution in [-0.4, -0.2) is 77.4 Å². The highest BCUT2D eigenvalue weighted by molar-refractivity contribution is 7.80. The van der Waals surface area contributed by atoms with Crippen molar-refractivity contribution in [3.05, 3.63) is 35.9 Å². The van der Waals surface area contributed by atoms with Crippen LogP contribution in [0.1, 0.15) is 84.6 Å². The molecule has 0 bridgehead atoms. The molecule has 1 aromatic rings. The van der Waals surface area contributed by atoms with Crippen molar-refractivity contribution < 1.29 is 33.4 Å². The van der Waals surface area contributed by atoms with Crippen LogP contribution in [0.15, 0.2) is 30.3 Å². The predicted molar refractivity (Wildman–Crippen MR) is 176 cm³/mol. The molecule has 12 nitrogen and oxygen atoms in total. The van der Waals surface area contributed by atoms with Gasteiger partial charge in [0.15, 0.2) is 0 Å². The number of alkyl carbamates (subject to hydrolysis) is 1. The van der Waals surface area contributed by atoms with Crippen molar-refractivity contribution in [3.8, 4) is 0 Å². The van der Waals surface area contributed by atoms with Crippen LogP contribution in [0.5, 0.6) is 0 Å². The third kappa shape index (κ3) is 12.5. The van der Waals surface area contributed by atoms with Crippen molar-refractivity contribution in [3.63, 3.8) is 0 Å². The minimum Gasteiger partial charge on any atom is -0.445 e. The zero-order chi connectivity index (χ0) is 33.7. The number of thiol groups is 1. The van der Waals surface area contributed by atoms with Gasteiger partial charge in [-0.25, -0.2) is 4.79 Å². The zero-order valence-corrected chi connectivity index (χ0v) is 28.4. The molecule has 4 N–H and O–H groups in total. The van der Waals surface area contributed by atoms with Gasteiger partial charge in [-0.15, -0.1) is 0 Å². The second-order valence-electron chi connectivity index (χ2n) is 13.2. The van der Waals surface area contributed by atoms with E-state index in [1.807, 2.05) is 51.1 Å². The zero-order valence-electron chi connectivity index (χ0n) is 27.5. The minimum atomic E-state index is -1.19. The summed E-state index contributed by atoms with van der Waals surface area (Å²) in [5.74, 6) is -1.74. The fraction of sp³-hybridized carbons (Fsp3) is 0.667. The van der Waals surface area contributed by atoms with E-state index in [1.54, 1.807) is 6.92 Å². The fourth-order valence-electron chi connectivity index (χ4n) is 5.85. The first-order valence-electron chi connectivity index (χ1n) is 16.3. The van der Waals surface area contributed by atoms with Gasteiger partial charge in [-0.2, -0.15) is 12.6 Å². The Balaban J connectivity index is 1.79. The maximum absolute atomic E-state index is 13.9. The van der Waals surface area contributed by atoms with Crippen molar-refractivity contribution in [2.75, 3.05) is 18.8 Å². The lowest BCUT2D eigenvalue weighted by Gasteiger charge is -2.33. The molecule has 3 rings (SSSR count). The maximum atomic E-state index is 13.9. The number of benzene rings is 1. The van der Waals surface area contributed by atoms with Gasteiger partial charge in [0, 0.05) is 13.0 Å². The topological polar surface area (TPSA) is 155 Å². The number of rotatable bonds is 14. The number of hydrogen-bond acceptors (Lipinski definition) is 8. The number of nitrogens with one attached hydrogen (secondary N) is 4. The molecular weight excluding hydrogens is 610 g/mol. The lowest BCUT2D eigenvalue weighted by molar-refractivity contribution is -0.145. The number of nitrogens with zero attached hydrogens (tertiary/aromatic N) is 1. The van der Waals surface area contributed by atoms with E-state index >= 15 is 0 Å². The molecule has 0 unspecified atom stereocenters. The van der Waals surface area contributed by atoms with E-state index in [9.17, 15) is 24.0 Å². The molecule has 4 atom stereocenters. The molecule has 1 heterocycles. The molecule has 2 aliphatic rings. The SMILES string of the molecule is C[C@@H](OC(C)(C)C)[C@H](NC(=O)OCc1ccccc1)C(=O)N[C@@H](CC1CCCCC1)C(=O)NN(C[C@@H]1CCNC1=O)C(=O)CCS. The number of amides is 5. The van der Waals surface area contributed by atoms with E-state index in [-0.39, 0.29) is 43.1 Å². The maximum Gasteiger partial charge on any atom is 0.408 e. The first-order chi connectivity index (χ1) is 21.9. The summed E-state index contributed by atoms with van der Waals surface area (Å²) in [7, 11) is 0. The first kappa shape index (κ1) is 37.1. The van der Waals surface area contributed by atoms with E-state index in [1.165, 1.54) is 5.01 Å². The summed E-state index contributed by atoms with van der Waals surface area (Å²) >= 11 is 4.17. The van der Waals surface area contributed by atoms with Gasteiger partial charge in [-0.1, -0.05) is 62.4 Å². The molecule has 13 heteroatoms. The van der Waals surface area contributed by atoms with E-state index < -0.39 is 47.6 Å². The van der Waals surface area contributed by atoms with E-state index in [2.05, 4.69) is 34.0 Å². The molecule has 0 radical (unpaired) electrons. The number of carbonyl (C=O) groups is 5. The summed E-state index contributed by atoms with van der Waals surface area (Å²) in [5, 5.41) is 9.43. The van der Waals surface area contributed by atoms with E-state index in [4.69, 9.17) is 9.47 Å². The van der Waals surface area contributed by atoms with Gasteiger partial charge in [-0.3, -0.25) is 29.6 Å². The van der Waals surface area contributed by atoms with Crippen molar-refractivity contribution in [1.82, 2.24) is 26.4 Å². The molecule has 1 saturated carbocycles. The quantitative estimate of drug-likeness (QED) is 0.151. The third-order valence-electron chi connectivity index (χ3n) is 8.14. The summed E-state index contributed by atoms with van der Waals surface area (Å²) in [6, 6.07) is 6.97. The highest BCUT2D eigenvalue weighted by atomic mass is 32.1. The summed E-state index contributed by atoms with van der Waals surface area (Å²) in [6.45, 7) is 7.72. The van der Waals surface area contributed by atoms with Crippen LogP contribution in [0.4, 0.5) is 4.79 Å². The monoisotopic (exact) mass is 661 g/mol. The molecule has 1 aliphatic heterocycles. The van der Waals surface area contributed by atoms with Gasteiger partial charge < -0.3 is 25.4 Å². The lowest BCUT2D eigenvalue weighted by atomic mass is 9.84. The number of carbonyl (C=O) groups excluding carboxylic acids is 5. The Hall–Kier alpha value is -3.32. The Kier molecular flexibility index (Phi) is 14.6. The van der Waals surface area contributed by atoms with E-state index in [0.717, 1.165) is 37.7 Å². The second kappa shape index (κ2) is 18.1. The normalized spacial score (nSPS) is 18.9. The average Bonchev–Trinajstić information content (AvgIpc) is 3.42. The Morgan fingerprint density at radius 2 is 1.72 bits per heavy atom. The smallest absolute Gasteiger partial charge is 0.408 e. The van der Waals surface area contributed by atoms with Gasteiger partial charge in [-0.05, 0) is 57.8 Å². The first-order valence-corrected chi connectivity index (χ1v) is 16.9. The van der Waals surface area contributed by atoms with Gasteiger partial charge >= 0.3 is 6.09 Å². The fourth-order valence-corrected chi connectivity index (χ4v) is 6.04. The standard InChI is InChI=1S/C33H51N5O7S/c1-22(45-33(2,3)4)28(36-32(43)44-21-24-13-9-6-10-14-24)31(42)35-26(19-23-11-7-5-8-12-23)30(41)37-38(27(39)16-18-46)20-25-15-17-34-29(25)40/h6,9-10,13-14,22-23,25-26,28,46H,5,7-8,11-12,15-21H2,1-4H3,(H,34,40)(H,35,42)(H,36,43)(H,37,41)/t22-,25+,26+,28+/m1/s1. The summed E-state index contributed by atoms with van der Waals surface area (Å²) < 4.78 is 11.4. The number of hydrogen-bond donors (Lipinski definition) is 5. The molecular formula is C33H51N5O7S. The van der Waals surface area contributed by atoms with Crippen LogP contribution < -0.4 is 21.4 Å². The average molecular weight is 662 g/mol. The van der Waals surface area contributed by atoms with Crippen molar-refractivity contribution in [2.24, 2.45) is 11.8 Å². The van der Waals surface area contributed by atoms with Crippen molar-refractivity contribution in [2.45, 2.75) is 109 Å². The highest BCUT2D eigenvalue weighted by Gasteiger charge is 2.36. The van der Waals surface area contributed by atoms with Gasteiger partial charge in [0.2, 0.25) is 17.7 Å². The van der Waals surface area contributed by atoms with Crippen LogP contribution in [-0.2, 0) is 35.3 Å². The van der Waals surface area contributed by atoms with Crippen LogP contribution in [0.2, 0.25) is 0 Å². The summed E-state index contributed by atoms with van der Waals surface area (Å²) in [5.41, 5.74) is 2.86. The largest absolute Gasteiger partial charge is 0.445 e. The number of hydrazine groups is 1. The molecule has 1 aromatic carbocycles. The molecule has 0 aromatic heterocycles. The Bertz CT molecular complexity index is 1170. The highest BCUT2D eigenvalue weighted by Crippen LogP contribution is 2.27. The van der Waals surface area contributed by atoms with Gasteiger partial charge in [0.1, 0.15) is 18.7 Å². The van der Waals surface area contributed by atoms with Crippen LogP contribution >= 0.6 is 12.6 Å². The van der Waals surface area contributed by atoms with Crippen molar-refractivity contribution in [1.29, 1.82) is 0 Å². The van der Waals surface area contributed by atoms with Gasteiger partial charge in [0.25, 0.3) is 5.91 Å². The molecule has 46 heavy (non-hydrogen) atoms. The van der Waals surface area contributed by atoms with E-state index in [0.29, 0.717) is 19.4 Å². The molecule has 1 saturated heterocycles. The van der Waals surface area contributed by atoms with Gasteiger partial charge in [0.05, 0.1) is 24.2 Å². The Morgan fingerprint density at radius 1 is 1.02 bits per heavy atom. The summed E-state index contributed by atoms with van der Waals surface area (Å²) in [4.78, 5) is 65.9. The lowest BCUT2D eigenvalue weighted by Crippen LogP contribution is -2.60. The molecule has 2 fully saturated rings. The molecule has 5 amide bonds. The molecule has 256 valence electrons. The third-order valence-corrected chi connectivity index (χ3v) is 8.37. The number of ether oxygens (including phenoxy) is 2. The summed E-state index contributed by atoms with van der Waals surface area (Å²) in [6.07, 6.45) is 4.40. The van der Waals surface area contributed by atoms with Crippen LogP contribution in [0, 0.1) is 11.8 Å². The Morgan fingerprint density at radius 3 is 2.33 bits per heavy atom. The molecule has 1 aliphatic carbocycles. The molecule has 0 spiro atoms. The van der Waals surface area contributed by atoms with Crippen LogP contribution in [0.25, 0.3) is 0 Å². The Labute approximate surface area is 277 Å². The van der Waals surface area contributed by atoms with Crippen molar-refractivity contribution >= 4 is 42.4 Å². The van der Waals surface area contributed by atoms with Crippen LogP contribution in [0.3, 0.4) is 0 Å². The second-order valence-corrected chi connectivity index (χ2v) is 13.6.